The largest absolute Gasteiger partial charge is 0.480 e. The average Bonchev–Trinajstić information content (AvgIpc) is 2.79. The van der Waals surface area contributed by atoms with Crippen LogP contribution in [0.2, 0.25) is 0 Å². The van der Waals surface area contributed by atoms with Gasteiger partial charge in [-0.1, -0.05) is 12.1 Å². The Bertz CT molecular complexity index is 888. The van der Waals surface area contributed by atoms with Crippen molar-refractivity contribution in [2.24, 2.45) is 0 Å². The van der Waals surface area contributed by atoms with Gasteiger partial charge in [0, 0.05) is 18.6 Å². The lowest BCUT2D eigenvalue weighted by molar-refractivity contribution is -0.137. The SMILES string of the molecule is O=C(O)Cn1c(Cc2ccc(F)cc2)nc2cc(F)c(F)cc21. The van der Waals surface area contributed by atoms with Crippen molar-refractivity contribution in [1.82, 2.24) is 9.55 Å². The quantitative estimate of drug-likeness (QED) is 0.803. The Morgan fingerprint density at radius 2 is 1.74 bits per heavy atom. The molecule has 1 N–H and O–H groups in total. The highest BCUT2D eigenvalue weighted by atomic mass is 19.2. The maximum Gasteiger partial charge on any atom is 0.323 e. The molecule has 7 heteroatoms. The van der Waals surface area contributed by atoms with Gasteiger partial charge in [0.25, 0.3) is 0 Å². The van der Waals surface area contributed by atoms with Crippen LogP contribution in [0.3, 0.4) is 0 Å². The van der Waals surface area contributed by atoms with Gasteiger partial charge in [-0.2, -0.15) is 0 Å². The molecule has 0 unspecified atom stereocenters. The molecule has 23 heavy (non-hydrogen) atoms. The summed E-state index contributed by atoms with van der Waals surface area (Å²) in [6.07, 6.45) is 0.214. The van der Waals surface area contributed by atoms with Crippen LogP contribution < -0.4 is 0 Å². The fourth-order valence-corrected chi connectivity index (χ4v) is 2.40. The van der Waals surface area contributed by atoms with Crippen LogP contribution in [-0.4, -0.2) is 20.6 Å². The van der Waals surface area contributed by atoms with Crippen molar-refractivity contribution in [2.75, 3.05) is 0 Å². The van der Waals surface area contributed by atoms with Crippen LogP contribution in [0, 0.1) is 17.5 Å². The minimum Gasteiger partial charge on any atom is -0.480 e. The first-order valence-electron chi connectivity index (χ1n) is 6.74. The maximum atomic E-state index is 13.4. The molecule has 0 fully saturated rings. The predicted molar refractivity (Wildman–Crippen MR) is 76.5 cm³/mol. The van der Waals surface area contributed by atoms with Crippen molar-refractivity contribution in [3.05, 3.63) is 65.2 Å². The van der Waals surface area contributed by atoms with Gasteiger partial charge >= 0.3 is 5.97 Å². The Labute approximate surface area is 128 Å². The Balaban J connectivity index is 2.10. The zero-order valence-electron chi connectivity index (χ0n) is 11.8. The van der Waals surface area contributed by atoms with Crippen molar-refractivity contribution in [2.45, 2.75) is 13.0 Å². The summed E-state index contributed by atoms with van der Waals surface area (Å²) in [6.45, 7) is -0.432. The summed E-state index contributed by atoms with van der Waals surface area (Å²) in [7, 11) is 0. The lowest BCUT2D eigenvalue weighted by atomic mass is 10.1. The van der Waals surface area contributed by atoms with Crippen molar-refractivity contribution in [1.29, 1.82) is 0 Å². The van der Waals surface area contributed by atoms with Crippen LogP contribution in [0.4, 0.5) is 13.2 Å². The van der Waals surface area contributed by atoms with Crippen LogP contribution in [-0.2, 0) is 17.8 Å². The first kappa shape index (κ1) is 15.1. The summed E-state index contributed by atoms with van der Waals surface area (Å²) in [5, 5.41) is 9.03. The molecular weight excluding hydrogens is 309 g/mol. The van der Waals surface area contributed by atoms with E-state index in [-0.39, 0.29) is 17.5 Å². The van der Waals surface area contributed by atoms with Gasteiger partial charge in [0.2, 0.25) is 0 Å². The van der Waals surface area contributed by atoms with Crippen LogP contribution in [0.15, 0.2) is 36.4 Å². The highest BCUT2D eigenvalue weighted by Crippen LogP contribution is 2.22. The van der Waals surface area contributed by atoms with E-state index in [2.05, 4.69) is 4.98 Å². The Kier molecular flexibility index (Phi) is 3.77. The second-order valence-corrected chi connectivity index (χ2v) is 5.07. The molecule has 0 atom stereocenters. The fraction of sp³-hybridized carbons (Fsp3) is 0.125. The number of carboxylic acids is 1. The highest BCUT2D eigenvalue weighted by Gasteiger charge is 2.16. The number of carbonyl (C=O) groups is 1. The molecule has 0 saturated carbocycles. The predicted octanol–water partition coefficient (Wildman–Crippen LogP) is 3.13. The maximum absolute atomic E-state index is 13.4. The minimum absolute atomic E-state index is 0.169. The molecule has 118 valence electrons. The number of aliphatic carboxylic acids is 1. The molecule has 1 aromatic heterocycles. The lowest BCUT2D eigenvalue weighted by Gasteiger charge is -2.06. The molecule has 0 spiro atoms. The van der Waals surface area contributed by atoms with Gasteiger partial charge in [-0.25, -0.2) is 18.2 Å². The smallest absolute Gasteiger partial charge is 0.323 e. The van der Waals surface area contributed by atoms with E-state index in [4.69, 9.17) is 5.11 Å². The molecule has 0 amide bonds. The number of imidazole rings is 1. The molecule has 0 radical (unpaired) electrons. The monoisotopic (exact) mass is 320 g/mol. The standard InChI is InChI=1S/C16H11F3N2O2/c17-10-3-1-9(2-4-10)5-15-20-13-6-11(18)12(19)7-14(13)21(15)8-16(22)23/h1-4,6-7H,5,8H2,(H,22,23). The van der Waals surface area contributed by atoms with E-state index in [1.807, 2.05) is 0 Å². The number of halogens is 3. The molecule has 0 aliphatic rings. The molecule has 0 bridgehead atoms. The van der Waals surface area contributed by atoms with E-state index in [9.17, 15) is 18.0 Å². The van der Waals surface area contributed by atoms with E-state index in [1.165, 1.54) is 16.7 Å². The van der Waals surface area contributed by atoms with E-state index < -0.39 is 30.0 Å². The van der Waals surface area contributed by atoms with E-state index in [0.29, 0.717) is 11.4 Å². The van der Waals surface area contributed by atoms with Gasteiger partial charge in [0.05, 0.1) is 11.0 Å². The van der Waals surface area contributed by atoms with E-state index in [0.717, 1.165) is 12.1 Å². The summed E-state index contributed by atoms with van der Waals surface area (Å²) in [4.78, 5) is 15.2. The second kappa shape index (κ2) is 5.75. The zero-order chi connectivity index (χ0) is 16.6. The molecule has 4 nitrogen and oxygen atoms in total. The van der Waals surface area contributed by atoms with Crippen LogP contribution in [0.25, 0.3) is 11.0 Å². The Hall–Kier alpha value is -2.83. The molecule has 1 heterocycles. The summed E-state index contributed by atoms with van der Waals surface area (Å²) in [5.74, 6) is -3.31. The molecule has 2 aromatic carbocycles. The number of hydrogen-bond acceptors (Lipinski definition) is 2. The Morgan fingerprint density at radius 1 is 1.09 bits per heavy atom. The first-order valence-corrected chi connectivity index (χ1v) is 6.74. The third-order valence-electron chi connectivity index (χ3n) is 3.44. The van der Waals surface area contributed by atoms with Gasteiger partial charge in [-0.05, 0) is 17.7 Å². The highest BCUT2D eigenvalue weighted by molar-refractivity contribution is 5.78. The molecular formula is C16H11F3N2O2. The average molecular weight is 320 g/mol. The summed E-state index contributed by atoms with van der Waals surface area (Å²) < 4.78 is 41.0. The zero-order valence-corrected chi connectivity index (χ0v) is 11.8. The van der Waals surface area contributed by atoms with Crippen molar-refractivity contribution < 1.29 is 23.1 Å². The molecule has 0 aliphatic carbocycles. The van der Waals surface area contributed by atoms with E-state index >= 15 is 0 Å². The summed E-state index contributed by atoms with van der Waals surface area (Å²) in [6, 6.07) is 7.49. The lowest BCUT2D eigenvalue weighted by Crippen LogP contribution is -2.12. The molecule has 3 aromatic rings. The topological polar surface area (TPSA) is 55.1 Å². The van der Waals surface area contributed by atoms with Crippen molar-refractivity contribution >= 4 is 17.0 Å². The number of aromatic nitrogens is 2. The molecule has 0 saturated heterocycles. The van der Waals surface area contributed by atoms with Crippen molar-refractivity contribution in [3.63, 3.8) is 0 Å². The molecule has 3 rings (SSSR count). The third kappa shape index (κ3) is 3.03. The normalized spacial score (nSPS) is 11.1. The first-order chi connectivity index (χ1) is 10.9. The van der Waals surface area contributed by atoms with E-state index in [1.54, 1.807) is 12.1 Å². The summed E-state index contributed by atoms with van der Waals surface area (Å²) in [5.41, 5.74) is 1.07. The fourth-order valence-electron chi connectivity index (χ4n) is 2.40. The van der Waals surface area contributed by atoms with Crippen molar-refractivity contribution in [3.8, 4) is 0 Å². The van der Waals surface area contributed by atoms with Gasteiger partial charge < -0.3 is 9.67 Å². The number of benzene rings is 2. The van der Waals surface area contributed by atoms with Gasteiger partial charge in [-0.15, -0.1) is 0 Å². The number of nitrogens with zero attached hydrogens (tertiary/aromatic N) is 2. The second-order valence-electron chi connectivity index (χ2n) is 5.07. The minimum atomic E-state index is -1.13. The number of hydrogen-bond donors (Lipinski definition) is 1. The third-order valence-corrected chi connectivity index (χ3v) is 3.44. The van der Waals surface area contributed by atoms with Crippen LogP contribution in [0.5, 0.6) is 0 Å². The Morgan fingerprint density at radius 3 is 2.39 bits per heavy atom. The van der Waals surface area contributed by atoms with Crippen LogP contribution >= 0.6 is 0 Å². The number of rotatable bonds is 4. The van der Waals surface area contributed by atoms with Gasteiger partial charge in [0.1, 0.15) is 18.2 Å². The van der Waals surface area contributed by atoms with Crippen LogP contribution in [0.1, 0.15) is 11.4 Å². The summed E-state index contributed by atoms with van der Waals surface area (Å²) >= 11 is 0. The molecule has 0 aliphatic heterocycles. The number of carboxylic acid groups (broad SMARTS) is 1. The number of fused-ring (bicyclic) bond motifs is 1. The van der Waals surface area contributed by atoms with Gasteiger partial charge in [-0.3, -0.25) is 4.79 Å². The van der Waals surface area contributed by atoms with Gasteiger partial charge in [0.15, 0.2) is 11.6 Å².